The van der Waals surface area contributed by atoms with E-state index in [0.29, 0.717) is 23.7 Å². The molecule has 0 aromatic heterocycles. The summed E-state index contributed by atoms with van der Waals surface area (Å²) in [4.78, 5) is 23.6. The minimum Gasteiger partial charge on any atom is -0.493 e. The largest absolute Gasteiger partial charge is 0.493 e. The molecular formula is C14H18ClNO4. The Morgan fingerprint density at radius 2 is 2.10 bits per heavy atom. The number of amides is 1. The molecular weight excluding hydrogens is 282 g/mol. The SMILES string of the molecule is CN(CCCC(=O)O)C(=O)CCOc1cccc(Cl)c1. The molecule has 5 nitrogen and oxygen atoms in total. The number of hydrogen-bond donors (Lipinski definition) is 1. The molecule has 20 heavy (non-hydrogen) atoms. The smallest absolute Gasteiger partial charge is 0.303 e. The van der Waals surface area contributed by atoms with E-state index in [0.717, 1.165) is 0 Å². The number of ether oxygens (including phenoxy) is 1. The Morgan fingerprint density at radius 3 is 2.75 bits per heavy atom. The zero-order valence-electron chi connectivity index (χ0n) is 11.3. The van der Waals surface area contributed by atoms with Crippen LogP contribution in [-0.2, 0) is 9.59 Å². The first-order valence-corrected chi connectivity index (χ1v) is 6.71. The molecule has 1 aromatic carbocycles. The van der Waals surface area contributed by atoms with Crippen molar-refractivity contribution < 1.29 is 19.4 Å². The Morgan fingerprint density at radius 1 is 1.35 bits per heavy atom. The maximum atomic E-state index is 11.7. The second-order valence-electron chi connectivity index (χ2n) is 4.37. The molecule has 1 rings (SSSR count). The third-order valence-electron chi connectivity index (χ3n) is 2.69. The lowest BCUT2D eigenvalue weighted by molar-refractivity contribution is -0.138. The van der Waals surface area contributed by atoms with Gasteiger partial charge in [0.15, 0.2) is 0 Å². The number of carbonyl (C=O) groups is 2. The van der Waals surface area contributed by atoms with E-state index in [4.69, 9.17) is 21.4 Å². The first kappa shape index (κ1) is 16.3. The highest BCUT2D eigenvalue weighted by molar-refractivity contribution is 6.30. The third kappa shape index (κ3) is 6.43. The van der Waals surface area contributed by atoms with Crippen molar-refractivity contribution in [3.63, 3.8) is 0 Å². The molecule has 0 fully saturated rings. The first-order chi connectivity index (χ1) is 9.49. The lowest BCUT2D eigenvalue weighted by Gasteiger charge is -2.16. The molecule has 0 spiro atoms. The van der Waals surface area contributed by atoms with Gasteiger partial charge in [-0.3, -0.25) is 9.59 Å². The highest BCUT2D eigenvalue weighted by atomic mass is 35.5. The molecule has 1 aromatic rings. The van der Waals surface area contributed by atoms with Gasteiger partial charge in [-0.15, -0.1) is 0 Å². The summed E-state index contributed by atoms with van der Waals surface area (Å²) in [6, 6.07) is 6.98. The molecule has 0 saturated carbocycles. The highest BCUT2D eigenvalue weighted by Gasteiger charge is 2.09. The van der Waals surface area contributed by atoms with Crippen LogP contribution < -0.4 is 4.74 Å². The van der Waals surface area contributed by atoms with Crippen LogP contribution in [0.25, 0.3) is 0 Å². The summed E-state index contributed by atoms with van der Waals surface area (Å²) in [6.07, 6.45) is 0.763. The molecule has 1 amide bonds. The number of halogens is 1. The van der Waals surface area contributed by atoms with Gasteiger partial charge in [0, 0.05) is 25.0 Å². The molecule has 110 valence electrons. The fourth-order valence-electron chi connectivity index (χ4n) is 1.60. The maximum Gasteiger partial charge on any atom is 0.303 e. The van der Waals surface area contributed by atoms with Gasteiger partial charge in [0.25, 0.3) is 0 Å². The minimum absolute atomic E-state index is 0.0661. The van der Waals surface area contributed by atoms with Crippen LogP contribution in [0, 0.1) is 0 Å². The van der Waals surface area contributed by atoms with Crippen LogP contribution in [0.4, 0.5) is 0 Å². The number of benzene rings is 1. The lowest BCUT2D eigenvalue weighted by Crippen LogP contribution is -2.29. The summed E-state index contributed by atoms with van der Waals surface area (Å²) in [5.74, 6) is -0.300. The van der Waals surface area contributed by atoms with E-state index in [1.807, 2.05) is 0 Å². The summed E-state index contributed by atoms with van der Waals surface area (Å²) in [5, 5.41) is 9.10. The highest BCUT2D eigenvalue weighted by Crippen LogP contribution is 2.17. The number of hydrogen-bond acceptors (Lipinski definition) is 3. The first-order valence-electron chi connectivity index (χ1n) is 6.33. The molecule has 0 radical (unpaired) electrons. The predicted molar refractivity (Wildman–Crippen MR) is 76.1 cm³/mol. The molecule has 0 atom stereocenters. The Kier molecular flexibility index (Phi) is 6.87. The lowest BCUT2D eigenvalue weighted by atomic mass is 10.3. The number of aliphatic carboxylic acids is 1. The van der Waals surface area contributed by atoms with E-state index in [-0.39, 0.29) is 25.4 Å². The van der Waals surface area contributed by atoms with Crippen molar-refractivity contribution >= 4 is 23.5 Å². The summed E-state index contributed by atoms with van der Waals surface area (Å²) in [5.41, 5.74) is 0. The van der Waals surface area contributed by atoms with Gasteiger partial charge in [-0.1, -0.05) is 17.7 Å². The summed E-state index contributed by atoms with van der Waals surface area (Å²) in [6.45, 7) is 0.699. The van der Waals surface area contributed by atoms with E-state index in [1.54, 1.807) is 31.3 Å². The van der Waals surface area contributed by atoms with Crippen molar-refractivity contribution in [3.05, 3.63) is 29.3 Å². The maximum absolute atomic E-state index is 11.7. The van der Waals surface area contributed by atoms with Gasteiger partial charge in [-0.05, 0) is 24.6 Å². The molecule has 1 N–H and O–H groups in total. The Hall–Kier alpha value is -1.75. The monoisotopic (exact) mass is 299 g/mol. The van der Waals surface area contributed by atoms with Gasteiger partial charge < -0.3 is 14.7 Å². The van der Waals surface area contributed by atoms with Crippen LogP contribution in [0.2, 0.25) is 5.02 Å². The Labute approximate surface area is 123 Å². The van der Waals surface area contributed by atoms with Crippen LogP contribution in [0.15, 0.2) is 24.3 Å². The fourth-order valence-corrected chi connectivity index (χ4v) is 1.78. The van der Waals surface area contributed by atoms with Gasteiger partial charge in [0.05, 0.1) is 13.0 Å². The average Bonchev–Trinajstić information content (AvgIpc) is 2.38. The van der Waals surface area contributed by atoms with Crippen molar-refractivity contribution in [2.45, 2.75) is 19.3 Å². The summed E-state index contributed by atoms with van der Waals surface area (Å²) < 4.78 is 5.42. The van der Waals surface area contributed by atoms with Crippen molar-refractivity contribution in [1.82, 2.24) is 4.90 Å². The van der Waals surface area contributed by atoms with Crippen molar-refractivity contribution in [1.29, 1.82) is 0 Å². The van der Waals surface area contributed by atoms with E-state index < -0.39 is 5.97 Å². The van der Waals surface area contributed by atoms with Crippen molar-refractivity contribution in [3.8, 4) is 5.75 Å². The number of rotatable bonds is 8. The molecule has 0 unspecified atom stereocenters. The molecule has 0 aliphatic heterocycles. The van der Waals surface area contributed by atoms with E-state index in [9.17, 15) is 9.59 Å². The van der Waals surface area contributed by atoms with Gasteiger partial charge in [0.2, 0.25) is 5.91 Å². The topological polar surface area (TPSA) is 66.8 Å². The molecule has 0 heterocycles. The Balaban J connectivity index is 2.23. The molecule has 0 saturated heterocycles. The number of carbonyl (C=O) groups excluding carboxylic acids is 1. The third-order valence-corrected chi connectivity index (χ3v) is 2.93. The fraction of sp³-hybridized carbons (Fsp3) is 0.429. The van der Waals surface area contributed by atoms with E-state index >= 15 is 0 Å². The van der Waals surface area contributed by atoms with Crippen LogP contribution in [0.3, 0.4) is 0 Å². The quantitative estimate of drug-likeness (QED) is 0.800. The van der Waals surface area contributed by atoms with Gasteiger partial charge >= 0.3 is 5.97 Å². The predicted octanol–water partition coefficient (Wildman–Crippen LogP) is 2.43. The Bertz CT molecular complexity index is 464. The normalized spacial score (nSPS) is 10.1. The summed E-state index contributed by atoms with van der Waals surface area (Å²) in [7, 11) is 1.66. The molecule has 0 aliphatic carbocycles. The zero-order valence-corrected chi connectivity index (χ0v) is 12.1. The molecule has 0 aliphatic rings. The van der Waals surface area contributed by atoms with Crippen LogP contribution in [0.1, 0.15) is 19.3 Å². The van der Waals surface area contributed by atoms with Gasteiger partial charge in [-0.2, -0.15) is 0 Å². The van der Waals surface area contributed by atoms with Crippen LogP contribution in [-0.4, -0.2) is 42.1 Å². The second-order valence-corrected chi connectivity index (χ2v) is 4.80. The van der Waals surface area contributed by atoms with E-state index in [2.05, 4.69) is 0 Å². The van der Waals surface area contributed by atoms with Crippen molar-refractivity contribution in [2.24, 2.45) is 0 Å². The van der Waals surface area contributed by atoms with Crippen LogP contribution in [0.5, 0.6) is 5.75 Å². The van der Waals surface area contributed by atoms with Crippen LogP contribution >= 0.6 is 11.6 Å². The average molecular weight is 300 g/mol. The summed E-state index contributed by atoms with van der Waals surface area (Å²) >= 11 is 5.82. The number of carboxylic acid groups (broad SMARTS) is 1. The van der Waals surface area contributed by atoms with E-state index in [1.165, 1.54) is 4.90 Å². The standard InChI is InChI=1S/C14H18ClNO4/c1-16(8-3-6-14(18)19)13(17)7-9-20-12-5-2-4-11(15)10-12/h2,4-5,10H,3,6-9H2,1H3,(H,18,19). The minimum atomic E-state index is -0.852. The van der Waals surface area contributed by atoms with Gasteiger partial charge in [-0.25, -0.2) is 0 Å². The number of nitrogens with zero attached hydrogens (tertiary/aromatic N) is 1. The second kappa shape index (κ2) is 8.43. The van der Waals surface area contributed by atoms with Gasteiger partial charge in [0.1, 0.15) is 5.75 Å². The molecule has 0 bridgehead atoms. The zero-order chi connectivity index (χ0) is 15.0. The molecule has 6 heteroatoms. The number of carboxylic acids is 1. The van der Waals surface area contributed by atoms with Crippen molar-refractivity contribution in [2.75, 3.05) is 20.2 Å².